The molecule has 0 fully saturated rings. The summed E-state index contributed by atoms with van der Waals surface area (Å²) in [5.74, 6) is 1.14. The molecule has 2 rings (SSSR count). The van der Waals surface area contributed by atoms with Crippen molar-refractivity contribution < 1.29 is 19.5 Å². The van der Waals surface area contributed by atoms with Crippen LogP contribution in [0.15, 0.2) is 42.5 Å². The average molecular weight is 283 g/mol. The fraction of sp³-hybridized carbons (Fsp3) is 0.133. The van der Waals surface area contributed by atoms with Gasteiger partial charge in [-0.2, -0.15) is 5.26 Å². The van der Waals surface area contributed by atoms with E-state index in [2.05, 4.69) is 6.07 Å². The molecule has 0 saturated heterocycles. The van der Waals surface area contributed by atoms with Gasteiger partial charge in [-0.3, -0.25) is 0 Å². The monoisotopic (exact) mass is 283 g/mol. The van der Waals surface area contributed by atoms with Gasteiger partial charge in [0.2, 0.25) is 0 Å². The van der Waals surface area contributed by atoms with Gasteiger partial charge in [0.05, 0.1) is 18.7 Å². The van der Waals surface area contributed by atoms with Gasteiger partial charge in [-0.1, -0.05) is 12.1 Å². The van der Waals surface area contributed by atoms with Crippen molar-refractivity contribution in [3.05, 3.63) is 53.6 Å². The van der Waals surface area contributed by atoms with E-state index in [1.807, 2.05) is 0 Å². The number of hydrogen-bond donors (Lipinski definition) is 2. The molecule has 106 valence electrons. The van der Waals surface area contributed by atoms with Crippen LogP contribution >= 0.6 is 0 Å². The molecule has 0 aliphatic carbocycles. The van der Waals surface area contributed by atoms with Crippen LogP contribution in [0.3, 0.4) is 0 Å². The molecule has 0 aromatic heterocycles. The maximum absolute atomic E-state index is 9.13. The highest BCUT2D eigenvalue weighted by Gasteiger charge is 2.11. The lowest BCUT2D eigenvalue weighted by Crippen LogP contribution is -2.29. The molecule has 0 spiro atoms. The van der Waals surface area contributed by atoms with Crippen molar-refractivity contribution in [3.63, 3.8) is 0 Å². The van der Waals surface area contributed by atoms with Crippen LogP contribution in [-0.2, 0) is 6.61 Å². The highest BCUT2D eigenvalue weighted by Crippen LogP contribution is 2.21. The first kappa shape index (κ1) is 14.9. The average Bonchev–Trinajstić information content (AvgIpc) is 2.52. The standard InChI is InChI=1S/C15H14BNO4/c1-20-15-6-5-11(9-17)7-12(15)10-21-14-4-2-3-13(8-14)16(18)19/h2-8,18-19H,10H2,1H3. The van der Waals surface area contributed by atoms with Crippen LogP contribution < -0.4 is 14.9 Å². The Labute approximate surface area is 123 Å². The third-order valence-corrected chi connectivity index (χ3v) is 2.96. The largest absolute Gasteiger partial charge is 0.496 e. The maximum atomic E-state index is 9.13. The van der Waals surface area contributed by atoms with E-state index in [-0.39, 0.29) is 6.61 Å². The van der Waals surface area contributed by atoms with Crippen molar-refractivity contribution in [3.8, 4) is 17.6 Å². The highest BCUT2D eigenvalue weighted by atomic mass is 16.5. The fourth-order valence-corrected chi connectivity index (χ4v) is 1.89. The summed E-state index contributed by atoms with van der Waals surface area (Å²) in [4.78, 5) is 0. The minimum atomic E-state index is -1.54. The molecule has 0 unspecified atom stereocenters. The molecule has 2 aromatic carbocycles. The lowest BCUT2D eigenvalue weighted by Gasteiger charge is -2.11. The normalized spacial score (nSPS) is 9.81. The van der Waals surface area contributed by atoms with Crippen LogP contribution in [0.4, 0.5) is 0 Å². The van der Waals surface area contributed by atoms with Crippen molar-refractivity contribution >= 4 is 12.6 Å². The molecular weight excluding hydrogens is 269 g/mol. The van der Waals surface area contributed by atoms with Gasteiger partial charge >= 0.3 is 7.12 Å². The van der Waals surface area contributed by atoms with Gasteiger partial charge in [-0.15, -0.1) is 0 Å². The minimum absolute atomic E-state index is 0.212. The Morgan fingerprint density at radius 1 is 1.19 bits per heavy atom. The highest BCUT2D eigenvalue weighted by molar-refractivity contribution is 6.58. The zero-order valence-corrected chi connectivity index (χ0v) is 11.5. The van der Waals surface area contributed by atoms with Crippen molar-refractivity contribution in [2.24, 2.45) is 0 Å². The SMILES string of the molecule is COc1ccc(C#N)cc1COc1cccc(B(O)O)c1. The second kappa shape index (κ2) is 6.79. The first-order valence-electron chi connectivity index (χ1n) is 6.30. The Morgan fingerprint density at radius 2 is 2.00 bits per heavy atom. The smallest absolute Gasteiger partial charge is 0.488 e. The summed E-state index contributed by atoms with van der Waals surface area (Å²) in [6.45, 7) is 0.212. The number of methoxy groups -OCH3 is 1. The molecule has 0 aliphatic heterocycles. The van der Waals surface area contributed by atoms with Crippen LogP contribution in [0.25, 0.3) is 0 Å². The van der Waals surface area contributed by atoms with Crippen molar-refractivity contribution in [2.75, 3.05) is 7.11 Å². The molecule has 2 N–H and O–H groups in total. The second-order valence-corrected chi connectivity index (χ2v) is 4.37. The van der Waals surface area contributed by atoms with Crippen LogP contribution in [0.2, 0.25) is 0 Å². The Hall–Kier alpha value is -2.49. The van der Waals surface area contributed by atoms with Crippen molar-refractivity contribution in [1.29, 1.82) is 5.26 Å². The van der Waals surface area contributed by atoms with E-state index in [4.69, 9.17) is 24.8 Å². The predicted octanol–water partition coefficient (Wildman–Crippen LogP) is 0.826. The van der Waals surface area contributed by atoms with Gasteiger partial charge < -0.3 is 19.5 Å². The van der Waals surface area contributed by atoms with E-state index in [1.165, 1.54) is 0 Å². The summed E-state index contributed by atoms with van der Waals surface area (Å²) in [5, 5.41) is 27.2. The van der Waals surface area contributed by atoms with Gasteiger partial charge in [0.25, 0.3) is 0 Å². The molecule has 0 atom stereocenters. The third kappa shape index (κ3) is 3.75. The second-order valence-electron chi connectivity index (χ2n) is 4.37. The zero-order valence-electron chi connectivity index (χ0n) is 11.5. The number of hydrogen-bond acceptors (Lipinski definition) is 5. The lowest BCUT2D eigenvalue weighted by molar-refractivity contribution is 0.296. The van der Waals surface area contributed by atoms with Gasteiger partial charge in [-0.25, -0.2) is 0 Å². The Morgan fingerprint density at radius 3 is 2.67 bits per heavy atom. The molecule has 2 aromatic rings. The van der Waals surface area contributed by atoms with Crippen LogP contribution in [-0.4, -0.2) is 24.3 Å². The van der Waals surface area contributed by atoms with Crippen molar-refractivity contribution in [2.45, 2.75) is 6.61 Å². The fourth-order valence-electron chi connectivity index (χ4n) is 1.89. The molecule has 0 bridgehead atoms. The van der Waals surface area contributed by atoms with E-state index in [0.29, 0.717) is 22.5 Å². The summed E-state index contributed by atoms with van der Waals surface area (Å²) in [7, 11) is 0.0122. The first-order valence-corrected chi connectivity index (χ1v) is 6.30. The molecule has 5 nitrogen and oxygen atoms in total. The number of nitrogens with zero attached hydrogens (tertiary/aromatic N) is 1. The van der Waals surface area contributed by atoms with Crippen LogP contribution in [0, 0.1) is 11.3 Å². The Balaban J connectivity index is 2.16. The molecule has 0 heterocycles. The topological polar surface area (TPSA) is 82.7 Å². The van der Waals surface area contributed by atoms with E-state index in [0.717, 1.165) is 5.56 Å². The van der Waals surface area contributed by atoms with Crippen LogP contribution in [0.5, 0.6) is 11.5 Å². The molecule has 0 saturated carbocycles. The van der Waals surface area contributed by atoms with Crippen LogP contribution in [0.1, 0.15) is 11.1 Å². The maximum Gasteiger partial charge on any atom is 0.488 e. The van der Waals surface area contributed by atoms with E-state index in [9.17, 15) is 0 Å². The molecule has 0 amide bonds. The first-order chi connectivity index (χ1) is 10.1. The molecule has 6 heteroatoms. The summed E-state index contributed by atoms with van der Waals surface area (Å²) >= 11 is 0. The molecular formula is C15H14BNO4. The van der Waals surface area contributed by atoms with Gasteiger partial charge in [-0.05, 0) is 35.8 Å². The quantitative estimate of drug-likeness (QED) is 0.794. The Kier molecular flexibility index (Phi) is 4.83. The van der Waals surface area contributed by atoms with E-state index >= 15 is 0 Å². The minimum Gasteiger partial charge on any atom is -0.496 e. The number of benzene rings is 2. The van der Waals surface area contributed by atoms with Gasteiger partial charge in [0.1, 0.15) is 18.1 Å². The summed E-state index contributed by atoms with van der Waals surface area (Å²) < 4.78 is 10.8. The third-order valence-electron chi connectivity index (χ3n) is 2.96. The van der Waals surface area contributed by atoms with E-state index < -0.39 is 7.12 Å². The van der Waals surface area contributed by atoms with E-state index in [1.54, 1.807) is 49.6 Å². The number of nitriles is 1. The summed E-state index contributed by atoms with van der Waals surface area (Å²) in [6.07, 6.45) is 0. The Bertz CT molecular complexity index is 667. The van der Waals surface area contributed by atoms with Gasteiger partial charge in [0.15, 0.2) is 0 Å². The lowest BCUT2D eigenvalue weighted by atomic mass is 9.80. The number of ether oxygens (including phenoxy) is 2. The van der Waals surface area contributed by atoms with Crippen molar-refractivity contribution in [1.82, 2.24) is 0 Å². The summed E-state index contributed by atoms with van der Waals surface area (Å²) in [5.41, 5.74) is 1.62. The number of rotatable bonds is 5. The molecule has 0 radical (unpaired) electrons. The molecule has 21 heavy (non-hydrogen) atoms. The molecule has 0 aliphatic rings. The van der Waals surface area contributed by atoms with Gasteiger partial charge in [0, 0.05) is 5.56 Å². The summed E-state index contributed by atoms with van der Waals surface area (Å²) in [6, 6.07) is 13.7. The zero-order chi connectivity index (χ0) is 15.2. The predicted molar refractivity (Wildman–Crippen MR) is 78.3 cm³/mol.